The summed E-state index contributed by atoms with van der Waals surface area (Å²) >= 11 is 0. The number of hydrogen-bond donors (Lipinski definition) is 1. The van der Waals surface area contributed by atoms with Gasteiger partial charge in [-0.3, -0.25) is 0 Å². The molecule has 1 aliphatic rings. The van der Waals surface area contributed by atoms with Crippen molar-refractivity contribution in [2.75, 3.05) is 33.4 Å². The highest BCUT2D eigenvalue weighted by Gasteiger charge is 2.33. The highest BCUT2D eigenvalue weighted by atomic mass is 16.5. The Balaban J connectivity index is 2.45. The predicted octanol–water partition coefficient (Wildman–Crippen LogP) is 2.21. The van der Waals surface area contributed by atoms with Crippen molar-refractivity contribution >= 4 is 0 Å². The smallest absolute Gasteiger partial charge is 0.0549 e. The van der Waals surface area contributed by atoms with Gasteiger partial charge in [-0.05, 0) is 44.6 Å². The summed E-state index contributed by atoms with van der Waals surface area (Å²) in [4.78, 5) is 0. The molecule has 1 fully saturated rings. The van der Waals surface area contributed by atoms with Crippen molar-refractivity contribution < 1.29 is 9.47 Å². The number of ether oxygens (including phenoxy) is 2. The van der Waals surface area contributed by atoms with Crippen LogP contribution in [-0.2, 0) is 9.47 Å². The first-order valence-corrected chi connectivity index (χ1v) is 6.54. The van der Waals surface area contributed by atoms with Gasteiger partial charge in [0.15, 0.2) is 0 Å². The SMILES string of the molecule is CCCNCC1(CC(C)OC)CCOCC1. The summed E-state index contributed by atoms with van der Waals surface area (Å²) in [5, 5.41) is 3.56. The minimum absolute atomic E-state index is 0.349. The van der Waals surface area contributed by atoms with Crippen LogP contribution in [0.4, 0.5) is 0 Å². The molecular weight excluding hydrogens is 202 g/mol. The number of methoxy groups -OCH3 is 1. The Kier molecular flexibility index (Phi) is 6.32. The molecule has 1 saturated heterocycles. The fourth-order valence-corrected chi connectivity index (χ4v) is 2.48. The maximum atomic E-state index is 5.48. The minimum Gasteiger partial charge on any atom is -0.382 e. The van der Waals surface area contributed by atoms with E-state index >= 15 is 0 Å². The fraction of sp³-hybridized carbons (Fsp3) is 1.00. The van der Waals surface area contributed by atoms with Gasteiger partial charge in [0.2, 0.25) is 0 Å². The zero-order valence-corrected chi connectivity index (χ0v) is 11.1. The summed E-state index contributed by atoms with van der Waals surface area (Å²) in [7, 11) is 1.80. The molecule has 0 amide bonds. The van der Waals surface area contributed by atoms with Gasteiger partial charge in [0.05, 0.1) is 6.10 Å². The molecule has 3 nitrogen and oxygen atoms in total. The topological polar surface area (TPSA) is 30.5 Å². The highest BCUT2D eigenvalue weighted by Crippen LogP contribution is 2.35. The molecule has 0 aromatic rings. The molecule has 3 heteroatoms. The Morgan fingerprint density at radius 1 is 1.38 bits per heavy atom. The normalized spacial score (nSPS) is 21.9. The van der Waals surface area contributed by atoms with Gasteiger partial charge in [0, 0.05) is 26.9 Å². The van der Waals surface area contributed by atoms with Gasteiger partial charge in [-0.25, -0.2) is 0 Å². The van der Waals surface area contributed by atoms with Crippen LogP contribution in [0.25, 0.3) is 0 Å². The molecule has 1 heterocycles. The average Bonchev–Trinajstić information content (AvgIpc) is 2.30. The maximum Gasteiger partial charge on any atom is 0.0549 e. The van der Waals surface area contributed by atoms with E-state index in [-0.39, 0.29) is 0 Å². The zero-order chi connectivity index (χ0) is 11.9. The van der Waals surface area contributed by atoms with Crippen LogP contribution in [0, 0.1) is 5.41 Å². The van der Waals surface area contributed by atoms with E-state index in [0.717, 1.165) is 45.6 Å². The second-order valence-corrected chi connectivity index (χ2v) is 5.04. The Morgan fingerprint density at radius 2 is 2.06 bits per heavy atom. The molecule has 0 aromatic heterocycles. The molecule has 1 atom stereocenters. The second kappa shape index (κ2) is 7.25. The quantitative estimate of drug-likeness (QED) is 0.679. The molecule has 0 radical (unpaired) electrons. The molecule has 1 N–H and O–H groups in total. The number of nitrogens with one attached hydrogen (secondary N) is 1. The van der Waals surface area contributed by atoms with Crippen LogP contribution in [0.5, 0.6) is 0 Å². The molecular formula is C13H27NO2. The van der Waals surface area contributed by atoms with Gasteiger partial charge in [0.1, 0.15) is 0 Å². The van der Waals surface area contributed by atoms with Crippen LogP contribution >= 0.6 is 0 Å². The Hall–Kier alpha value is -0.120. The maximum absolute atomic E-state index is 5.48. The van der Waals surface area contributed by atoms with Crippen molar-refractivity contribution in [2.24, 2.45) is 5.41 Å². The summed E-state index contributed by atoms with van der Waals surface area (Å²) in [6.07, 6.45) is 5.02. The lowest BCUT2D eigenvalue weighted by Gasteiger charge is -2.39. The first-order valence-electron chi connectivity index (χ1n) is 6.54. The molecule has 0 spiro atoms. The van der Waals surface area contributed by atoms with E-state index in [1.807, 2.05) is 0 Å². The van der Waals surface area contributed by atoms with Crippen LogP contribution in [0.3, 0.4) is 0 Å². The molecule has 16 heavy (non-hydrogen) atoms. The Bertz CT molecular complexity index is 179. The van der Waals surface area contributed by atoms with E-state index in [4.69, 9.17) is 9.47 Å². The number of rotatable bonds is 7. The van der Waals surface area contributed by atoms with E-state index in [0.29, 0.717) is 11.5 Å². The largest absolute Gasteiger partial charge is 0.382 e. The van der Waals surface area contributed by atoms with Crippen molar-refractivity contribution in [1.82, 2.24) is 5.32 Å². The van der Waals surface area contributed by atoms with Crippen molar-refractivity contribution in [3.05, 3.63) is 0 Å². The van der Waals surface area contributed by atoms with Crippen molar-refractivity contribution in [1.29, 1.82) is 0 Å². The summed E-state index contributed by atoms with van der Waals surface area (Å²) < 4.78 is 10.9. The summed E-state index contributed by atoms with van der Waals surface area (Å²) in [6, 6.07) is 0. The van der Waals surface area contributed by atoms with E-state index in [9.17, 15) is 0 Å². The first-order chi connectivity index (χ1) is 7.72. The van der Waals surface area contributed by atoms with Crippen molar-refractivity contribution in [3.63, 3.8) is 0 Å². The molecule has 1 unspecified atom stereocenters. The lowest BCUT2D eigenvalue weighted by Crippen LogP contribution is -2.41. The Labute approximate surface area is 99.9 Å². The lowest BCUT2D eigenvalue weighted by atomic mass is 9.75. The van der Waals surface area contributed by atoms with Crippen molar-refractivity contribution in [3.8, 4) is 0 Å². The van der Waals surface area contributed by atoms with E-state index in [1.54, 1.807) is 7.11 Å². The molecule has 1 aliphatic heterocycles. The van der Waals surface area contributed by atoms with Crippen LogP contribution in [0.2, 0.25) is 0 Å². The summed E-state index contributed by atoms with van der Waals surface area (Å²) in [6.45, 7) is 8.41. The molecule has 0 aliphatic carbocycles. The summed E-state index contributed by atoms with van der Waals surface area (Å²) in [5.41, 5.74) is 0.392. The minimum atomic E-state index is 0.349. The number of hydrogen-bond acceptors (Lipinski definition) is 3. The van der Waals surface area contributed by atoms with E-state index in [2.05, 4.69) is 19.2 Å². The Morgan fingerprint density at radius 3 is 2.62 bits per heavy atom. The molecule has 1 rings (SSSR count). The van der Waals surface area contributed by atoms with Crippen LogP contribution in [0.1, 0.15) is 39.5 Å². The molecule has 0 aromatic carbocycles. The third-order valence-electron chi connectivity index (χ3n) is 3.60. The van der Waals surface area contributed by atoms with Gasteiger partial charge < -0.3 is 14.8 Å². The van der Waals surface area contributed by atoms with E-state index in [1.165, 1.54) is 6.42 Å². The highest BCUT2D eigenvalue weighted by molar-refractivity contribution is 4.85. The monoisotopic (exact) mass is 229 g/mol. The van der Waals surface area contributed by atoms with Crippen LogP contribution in [0.15, 0.2) is 0 Å². The van der Waals surface area contributed by atoms with Crippen LogP contribution < -0.4 is 5.32 Å². The van der Waals surface area contributed by atoms with Gasteiger partial charge in [-0.2, -0.15) is 0 Å². The summed E-state index contributed by atoms with van der Waals surface area (Å²) in [5.74, 6) is 0. The van der Waals surface area contributed by atoms with Gasteiger partial charge in [-0.15, -0.1) is 0 Å². The average molecular weight is 229 g/mol. The third-order valence-corrected chi connectivity index (χ3v) is 3.60. The van der Waals surface area contributed by atoms with Crippen LogP contribution in [-0.4, -0.2) is 39.5 Å². The fourth-order valence-electron chi connectivity index (χ4n) is 2.48. The van der Waals surface area contributed by atoms with Gasteiger partial charge in [-0.1, -0.05) is 6.92 Å². The lowest BCUT2D eigenvalue weighted by molar-refractivity contribution is -0.0186. The third kappa shape index (κ3) is 4.40. The standard InChI is InChI=1S/C13H27NO2/c1-4-7-14-11-13(10-12(2)15-3)5-8-16-9-6-13/h12,14H,4-11H2,1-3H3. The zero-order valence-electron chi connectivity index (χ0n) is 11.1. The molecule has 0 bridgehead atoms. The molecule has 96 valence electrons. The second-order valence-electron chi connectivity index (χ2n) is 5.04. The molecule has 0 saturated carbocycles. The van der Waals surface area contributed by atoms with Gasteiger partial charge >= 0.3 is 0 Å². The van der Waals surface area contributed by atoms with E-state index < -0.39 is 0 Å². The predicted molar refractivity (Wildman–Crippen MR) is 66.7 cm³/mol. The first kappa shape index (κ1) is 13.9. The van der Waals surface area contributed by atoms with Crippen molar-refractivity contribution in [2.45, 2.75) is 45.6 Å². The van der Waals surface area contributed by atoms with Gasteiger partial charge in [0.25, 0.3) is 0 Å².